The maximum atomic E-state index is 13.5. The number of amides is 3. The molecule has 1 aliphatic carbocycles. The van der Waals surface area contributed by atoms with E-state index in [4.69, 9.17) is 34.0 Å². The number of halogens is 6. The molecule has 75 heavy (non-hydrogen) atoms. The normalized spacial score (nSPS) is 16.9. The molecule has 0 radical (unpaired) electrons. The van der Waals surface area contributed by atoms with Crippen LogP contribution in [0.1, 0.15) is 116 Å². The first-order valence-electron chi connectivity index (χ1n) is 25.2. The molecule has 0 unspecified atom stereocenters. The fourth-order valence-corrected chi connectivity index (χ4v) is 10.0. The van der Waals surface area contributed by atoms with Crippen LogP contribution in [0.25, 0.3) is 0 Å². The monoisotopic (exact) mass is 1090 g/mol. The minimum absolute atomic E-state index is 0.00120. The van der Waals surface area contributed by atoms with Crippen molar-refractivity contribution in [3.8, 4) is 11.5 Å². The number of ether oxygens (including phenoxy) is 3. The van der Waals surface area contributed by atoms with Crippen LogP contribution in [0.5, 0.6) is 11.5 Å². The number of piperidine rings is 1. The Balaban J connectivity index is 0.000000653. The van der Waals surface area contributed by atoms with Crippen molar-refractivity contribution in [3.05, 3.63) is 69.2 Å². The molecule has 2 saturated heterocycles. The molecule has 5 N–H and O–H groups in total. The number of benzene rings is 2. The zero-order valence-corrected chi connectivity index (χ0v) is 43.1. The van der Waals surface area contributed by atoms with Gasteiger partial charge in [0, 0.05) is 63.2 Å². The number of thiazole rings is 1. The number of anilines is 1. The second-order valence-corrected chi connectivity index (χ2v) is 20.1. The number of carbonyl (C=O) groups excluding carboxylic acids is 3. The number of fused-ring (bicyclic) bond motifs is 1. The number of hydrogen-bond donors (Lipinski definition) is 5. The molecule has 24 heteroatoms. The molecule has 416 valence electrons. The van der Waals surface area contributed by atoms with Gasteiger partial charge in [0.2, 0.25) is 5.91 Å². The number of nitrogens with one attached hydrogen (secondary N) is 2. The quantitative estimate of drug-likeness (QED) is 0.0440. The number of morpholine rings is 1. The zero-order valence-electron chi connectivity index (χ0n) is 42.2. The van der Waals surface area contributed by atoms with Crippen LogP contribution in [0, 0.1) is 0 Å². The SMILES string of the molecule is CC(C)c1nc(C(=O)N2CCOC3(CCN(Cc4cccc(CCCCOCCC(=O)N(CCNCCc5ccc(O)c6c5OCC(=O)N6)C5CCCCC5)c4)CC3)C2)cs1.O=C(O)C(F)(F)F.O=C(O)C(F)(F)F. The minimum Gasteiger partial charge on any atom is -0.506 e. The molecule has 17 nitrogen and oxygen atoms in total. The number of aryl methyl sites for hydroxylation is 1. The summed E-state index contributed by atoms with van der Waals surface area (Å²) >= 11 is 1.57. The number of aliphatic carboxylic acids is 2. The van der Waals surface area contributed by atoms with Gasteiger partial charge < -0.3 is 50.0 Å². The van der Waals surface area contributed by atoms with Gasteiger partial charge in [-0.05, 0) is 80.7 Å². The Labute approximate surface area is 435 Å². The number of alkyl halides is 6. The third-order valence-corrected chi connectivity index (χ3v) is 14.3. The Morgan fingerprint density at radius 2 is 1.61 bits per heavy atom. The second-order valence-electron chi connectivity index (χ2n) is 19.2. The highest BCUT2D eigenvalue weighted by Gasteiger charge is 2.42. The van der Waals surface area contributed by atoms with E-state index in [-0.39, 0.29) is 41.7 Å². The number of likely N-dealkylation sites (tertiary alicyclic amines) is 1. The predicted molar refractivity (Wildman–Crippen MR) is 265 cm³/mol. The van der Waals surface area contributed by atoms with Crippen LogP contribution in [-0.2, 0) is 48.0 Å². The molecule has 1 spiro atoms. The van der Waals surface area contributed by atoms with E-state index < -0.39 is 24.3 Å². The molecule has 3 aromatic rings. The molecule has 3 amide bonds. The van der Waals surface area contributed by atoms with Crippen LogP contribution in [0.3, 0.4) is 0 Å². The van der Waals surface area contributed by atoms with Gasteiger partial charge >= 0.3 is 24.3 Å². The summed E-state index contributed by atoms with van der Waals surface area (Å²) in [6, 6.07) is 12.6. The number of nitrogens with zero attached hydrogens (tertiary/aromatic N) is 4. The van der Waals surface area contributed by atoms with Gasteiger partial charge in [-0.1, -0.05) is 63.4 Å². The zero-order chi connectivity index (χ0) is 54.8. The fraction of sp³-hybridized carbons (Fsp3) is 0.608. The highest BCUT2D eigenvalue weighted by Crippen LogP contribution is 2.39. The Bertz CT molecular complexity index is 2330. The number of unbranched alkanes of at least 4 members (excludes halogenated alkanes) is 1. The minimum atomic E-state index is -5.08. The molecule has 1 aromatic heterocycles. The van der Waals surface area contributed by atoms with Crippen LogP contribution >= 0.6 is 11.3 Å². The predicted octanol–water partition coefficient (Wildman–Crippen LogP) is 7.80. The molecule has 1 saturated carbocycles. The highest BCUT2D eigenvalue weighted by molar-refractivity contribution is 7.09. The third kappa shape index (κ3) is 19.2. The Hall–Kier alpha value is -5.56. The van der Waals surface area contributed by atoms with Crippen molar-refractivity contribution in [1.29, 1.82) is 0 Å². The summed E-state index contributed by atoms with van der Waals surface area (Å²) in [5.74, 6) is -4.75. The van der Waals surface area contributed by atoms with Crippen molar-refractivity contribution in [1.82, 2.24) is 25.0 Å². The molecule has 3 aliphatic heterocycles. The average molecular weight is 1090 g/mol. The molecule has 0 bridgehead atoms. The summed E-state index contributed by atoms with van der Waals surface area (Å²) < 4.78 is 81.5. The number of carboxylic acid groups (broad SMARTS) is 2. The van der Waals surface area contributed by atoms with E-state index >= 15 is 0 Å². The smallest absolute Gasteiger partial charge is 0.490 e. The molecule has 4 aliphatic rings. The van der Waals surface area contributed by atoms with Gasteiger partial charge in [-0.15, -0.1) is 11.3 Å². The summed E-state index contributed by atoms with van der Waals surface area (Å²) in [7, 11) is 0. The first kappa shape index (κ1) is 60.3. The summed E-state index contributed by atoms with van der Waals surface area (Å²) in [6.45, 7) is 11.9. The van der Waals surface area contributed by atoms with E-state index in [1.807, 2.05) is 16.3 Å². The van der Waals surface area contributed by atoms with Gasteiger partial charge in [0.1, 0.15) is 17.1 Å². The molecule has 3 fully saturated rings. The van der Waals surface area contributed by atoms with Crippen molar-refractivity contribution in [2.45, 2.75) is 127 Å². The maximum absolute atomic E-state index is 13.5. The van der Waals surface area contributed by atoms with E-state index in [1.54, 1.807) is 17.4 Å². The van der Waals surface area contributed by atoms with E-state index in [0.29, 0.717) is 88.4 Å². The number of phenolic OH excluding ortho intramolecular Hbond substituents is 1. The van der Waals surface area contributed by atoms with Crippen LogP contribution in [0.2, 0.25) is 0 Å². The molecule has 0 atom stereocenters. The highest BCUT2D eigenvalue weighted by atomic mass is 32.1. The molecule has 2 aromatic carbocycles. The molecular weight excluding hydrogens is 1020 g/mol. The van der Waals surface area contributed by atoms with Crippen molar-refractivity contribution in [2.24, 2.45) is 0 Å². The maximum Gasteiger partial charge on any atom is 0.490 e. The topological polar surface area (TPSA) is 220 Å². The van der Waals surface area contributed by atoms with Crippen LogP contribution in [0.4, 0.5) is 32.0 Å². The number of hydrogen-bond acceptors (Lipinski definition) is 13. The van der Waals surface area contributed by atoms with Gasteiger partial charge in [0.15, 0.2) is 12.4 Å². The summed E-state index contributed by atoms with van der Waals surface area (Å²) in [5.41, 5.74) is 4.21. The number of carbonyl (C=O) groups is 5. The first-order valence-corrected chi connectivity index (χ1v) is 26.1. The van der Waals surface area contributed by atoms with Crippen LogP contribution < -0.4 is 15.4 Å². The number of aromatic nitrogens is 1. The molecule has 7 rings (SSSR count). The molecule has 4 heterocycles. The summed E-state index contributed by atoms with van der Waals surface area (Å²) in [4.78, 5) is 67.5. The van der Waals surface area contributed by atoms with Gasteiger partial charge in [-0.2, -0.15) is 26.3 Å². The lowest BCUT2D eigenvalue weighted by Crippen LogP contribution is -2.58. The Kier molecular flexibility index (Phi) is 22.9. The lowest BCUT2D eigenvalue weighted by molar-refractivity contribution is -0.193. The van der Waals surface area contributed by atoms with Crippen LogP contribution in [-0.4, -0.2) is 161 Å². The number of phenols is 1. The standard InChI is InChI=1S/C47H66N6O7S.2C2HF3O2/c1-34(2)45-49-39(32-61-45)46(57)52-25-28-60-47(33-52)18-22-51(23-19-47)30-36-11-8-10-35(29-36)9-6-7-26-58-27-17-42(56)53(38-12-4-3-5-13-38)24-21-48-20-16-37-14-15-40(54)43-44(37)59-31-41(55)50-43;2*3-2(4,5)1(6)7/h8,10-11,14-15,29,32,34,38,48,54H,3-7,9,12-13,16-28,30-31,33H2,1-2H3,(H,50,55);2*(H,6,7). The van der Waals surface area contributed by atoms with Gasteiger partial charge in [-0.25, -0.2) is 14.6 Å². The van der Waals surface area contributed by atoms with Gasteiger partial charge in [0.05, 0.1) is 36.8 Å². The van der Waals surface area contributed by atoms with Gasteiger partial charge in [0.25, 0.3) is 11.8 Å². The lowest BCUT2D eigenvalue weighted by atomic mass is 9.89. The van der Waals surface area contributed by atoms with E-state index in [0.717, 1.165) is 88.0 Å². The summed E-state index contributed by atoms with van der Waals surface area (Å²) in [6.07, 6.45) is 1.38. The Morgan fingerprint density at radius 1 is 0.933 bits per heavy atom. The largest absolute Gasteiger partial charge is 0.506 e. The van der Waals surface area contributed by atoms with E-state index in [2.05, 4.69) is 63.5 Å². The van der Waals surface area contributed by atoms with Crippen molar-refractivity contribution >= 4 is 46.7 Å². The molecular formula is C51H68F6N6O11S. The second kappa shape index (κ2) is 28.5. The van der Waals surface area contributed by atoms with Crippen LogP contribution in [0.15, 0.2) is 41.8 Å². The Morgan fingerprint density at radius 3 is 2.27 bits per heavy atom. The third-order valence-electron chi connectivity index (χ3n) is 13.2. The van der Waals surface area contributed by atoms with E-state index in [9.17, 15) is 45.8 Å². The van der Waals surface area contributed by atoms with Crippen molar-refractivity contribution < 1.29 is 79.8 Å². The number of rotatable bonds is 19. The number of carboxylic acids is 2. The fourth-order valence-electron chi connectivity index (χ4n) is 9.19. The van der Waals surface area contributed by atoms with Crippen molar-refractivity contribution in [3.63, 3.8) is 0 Å². The lowest BCUT2D eigenvalue weighted by Gasteiger charge is -2.47. The first-order chi connectivity index (χ1) is 35.5. The van der Waals surface area contributed by atoms with Gasteiger partial charge in [-0.3, -0.25) is 19.3 Å². The average Bonchev–Trinajstić information content (AvgIpc) is 3.88. The van der Waals surface area contributed by atoms with E-state index in [1.165, 1.54) is 17.5 Å². The number of aromatic hydroxyl groups is 1. The summed E-state index contributed by atoms with van der Waals surface area (Å²) in [5, 5.41) is 33.5. The van der Waals surface area contributed by atoms with Crippen molar-refractivity contribution in [2.75, 3.05) is 77.6 Å².